The fraction of sp³-hybridized carbons (Fsp3) is 0.381. The number of carbonyl (C=O) groups is 1. The maximum Gasteiger partial charge on any atom is 0.223 e. The lowest BCUT2D eigenvalue weighted by Gasteiger charge is -2.20. The number of aryl methyl sites for hydroxylation is 1. The highest BCUT2D eigenvalue weighted by Gasteiger charge is 2.33. The summed E-state index contributed by atoms with van der Waals surface area (Å²) in [6.07, 6.45) is 2.39. The number of aromatic nitrogens is 4. The zero-order chi connectivity index (χ0) is 19.1. The van der Waals surface area contributed by atoms with Crippen molar-refractivity contribution in [3.8, 4) is 16.9 Å². The molecule has 140 valence electrons. The number of nitrogens with zero attached hydrogens (tertiary/aromatic N) is 4. The summed E-state index contributed by atoms with van der Waals surface area (Å²) in [5.74, 6) is 1.21. The SMILES string of the molecule is Cc1nn(-c2ccccc2)c(C)c1-c1cnc(C2CC(=O)N(C(C)C)C2)[nH]1. The van der Waals surface area contributed by atoms with Gasteiger partial charge in [-0.25, -0.2) is 9.67 Å². The van der Waals surface area contributed by atoms with Gasteiger partial charge in [-0.1, -0.05) is 18.2 Å². The summed E-state index contributed by atoms with van der Waals surface area (Å²) in [6.45, 7) is 8.92. The Balaban J connectivity index is 1.65. The summed E-state index contributed by atoms with van der Waals surface area (Å²) in [5.41, 5.74) is 5.09. The third-order valence-electron chi connectivity index (χ3n) is 5.33. The lowest BCUT2D eigenvalue weighted by atomic mass is 10.1. The average molecular weight is 363 g/mol. The predicted octanol–water partition coefficient (Wildman–Crippen LogP) is 3.60. The predicted molar refractivity (Wildman–Crippen MR) is 105 cm³/mol. The second kappa shape index (κ2) is 6.68. The van der Waals surface area contributed by atoms with Gasteiger partial charge in [0.2, 0.25) is 5.91 Å². The highest BCUT2D eigenvalue weighted by molar-refractivity contribution is 5.80. The number of rotatable bonds is 4. The van der Waals surface area contributed by atoms with Gasteiger partial charge >= 0.3 is 0 Å². The van der Waals surface area contributed by atoms with Crippen molar-refractivity contribution in [1.29, 1.82) is 0 Å². The molecule has 0 saturated carbocycles. The van der Waals surface area contributed by atoms with Crippen molar-refractivity contribution in [3.63, 3.8) is 0 Å². The molecule has 1 N–H and O–H groups in total. The Morgan fingerprint density at radius 1 is 1.19 bits per heavy atom. The van der Waals surface area contributed by atoms with E-state index in [4.69, 9.17) is 5.10 Å². The van der Waals surface area contributed by atoms with Gasteiger partial charge in [0.25, 0.3) is 0 Å². The minimum atomic E-state index is 0.124. The van der Waals surface area contributed by atoms with Crippen LogP contribution in [0.15, 0.2) is 36.5 Å². The van der Waals surface area contributed by atoms with E-state index < -0.39 is 0 Å². The number of aromatic amines is 1. The van der Waals surface area contributed by atoms with Gasteiger partial charge in [0.05, 0.1) is 29.0 Å². The molecule has 6 nitrogen and oxygen atoms in total. The molecule has 1 saturated heterocycles. The number of benzene rings is 1. The van der Waals surface area contributed by atoms with E-state index in [0.29, 0.717) is 6.42 Å². The van der Waals surface area contributed by atoms with Crippen molar-refractivity contribution < 1.29 is 4.79 Å². The monoisotopic (exact) mass is 363 g/mol. The van der Waals surface area contributed by atoms with Crippen molar-refractivity contribution in [2.24, 2.45) is 0 Å². The molecule has 1 aliphatic rings. The van der Waals surface area contributed by atoms with E-state index in [1.54, 1.807) is 0 Å². The van der Waals surface area contributed by atoms with Crippen molar-refractivity contribution >= 4 is 5.91 Å². The second-order valence-corrected chi connectivity index (χ2v) is 7.52. The van der Waals surface area contributed by atoms with E-state index in [2.05, 4.69) is 30.7 Å². The number of para-hydroxylation sites is 1. The molecule has 1 atom stereocenters. The van der Waals surface area contributed by atoms with Gasteiger partial charge in [0, 0.05) is 30.5 Å². The maximum atomic E-state index is 12.2. The normalized spacial score (nSPS) is 17.3. The van der Waals surface area contributed by atoms with Gasteiger partial charge in [0.1, 0.15) is 5.82 Å². The Bertz CT molecular complexity index is 970. The fourth-order valence-corrected chi connectivity index (χ4v) is 3.94. The molecule has 1 aliphatic heterocycles. The largest absolute Gasteiger partial charge is 0.342 e. The van der Waals surface area contributed by atoms with E-state index >= 15 is 0 Å². The molecule has 3 aromatic rings. The van der Waals surface area contributed by atoms with Gasteiger partial charge in [-0.3, -0.25) is 4.79 Å². The first-order valence-electron chi connectivity index (χ1n) is 9.42. The Labute approximate surface area is 159 Å². The Morgan fingerprint density at radius 3 is 2.59 bits per heavy atom. The number of H-pyrrole nitrogens is 1. The molecule has 2 aromatic heterocycles. The molecule has 1 unspecified atom stereocenters. The summed E-state index contributed by atoms with van der Waals surface area (Å²) in [7, 11) is 0. The van der Waals surface area contributed by atoms with Crippen molar-refractivity contribution in [2.75, 3.05) is 6.54 Å². The summed E-state index contributed by atoms with van der Waals surface area (Å²) in [4.78, 5) is 22.2. The molecular formula is C21H25N5O. The number of imidazole rings is 1. The van der Waals surface area contributed by atoms with Crippen molar-refractivity contribution in [2.45, 2.75) is 46.1 Å². The van der Waals surface area contributed by atoms with Crippen LogP contribution in [0.25, 0.3) is 16.9 Å². The third kappa shape index (κ3) is 3.05. The number of carbonyl (C=O) groups excluding carboxylic acids is 1. The van der Waals surface area contributed by atoms with Crippen LogP contribution >= 0.6 is 0 Å². The molecule has 1 amide bonds. The van der Waals surface area contributed by atoms with Crippen LogP contribution in [0.5, 0.6) is 0 Å². The molecule has 3 heterocycles. The number of hydrogen-bond donors (Lipinski definition) is 1. The van der Waals surface area contributed by atoms with Gasteiger partial charge in [-0.15, -0.1) is 0 Å². The third-order valence-corrected chi connectivity index (χ3v) is 5.33. The molecule has 0 radical (unpaired) electrons. The molecule has 1 fully saturated rings. The van der Waals surface area contributed by atoms with E-state index in [0.717, 1.165) is 40.7 Å². The minimum absolute atomic E-state index is 0.124. The molecular weight excluding hydrogens is 338 g/mol. The lowest BCUT2D eigenvalue weighted by Crippen LogP contribution is -2.31. The number of hydrogen-bond acceptors (Lipinski definition) is 3. The lowest BCUT2D eigenvalue weighted by molar-refractivity contribution is -0.129. The summed E-state index contributed by atoms with van der Waals surface area (Å²) >= 11 is 0. The van der Waals surface area contributed by atoms with E-state index in [-0.39, 0.29) is 17.9 Å². The number of amides is 1. The van der Waals surface area contributed by atoms with Gasteiger partial charge < -0.3 is 9.88 Å². The summed E-state index contributed by atoms with van der Waals surface area (Å²) in [5, 5.41) is 4.72. The van der Waals surface area contributed by atoms with Gasteiger partial charge in [-0.05, 0) is 39.8 Å². The smallest absolute Gasteiger partial charge is 0.223 e. The Hall–Kier alpha value is -2.89. The van der Waals surface area contributed by atoms with Crippen LogP contribution < -0.4 is 0 Å². The molecule has 0 spiro atoms. The standard InChI is InChI=1S/C21H25N5O/c1-13(2)25-12-16(10-19(25)27)21-22-11-18(23-21)20-14(3)24-26(15(20)4)17-8-6-5-7-9-17/h5-9,11,13,16H,10,12H2,1-4H3,(H,22,23). The van der Waals surface area contributed by atoms with Crippen molar-refractivity contribution in [1.82, 2.24) is 24.6 Å². The zero-order valence-corrected chi connectivity index (χ0v) is 16.2. The van der Waals surface area contributed by atoms with Crippen LogP contribution in [0.4, 0.5) is 0 Å². The zero-order valence-electron chi connectivity index (χ0n) is 16.2. The van der Waals surface area contributed by atoms with Crippen LogP contribution in [0.1, 0.15) is 43.4 Å². The molecule has 4 rings (SSSR count). The second-order valence-electron chi connectivity index (χ2n) is 7.52. The van der Waals surface area contributed by atoms with E-state index in [1.165, 1.54) is 0 Å². The highest BCUT2D eigenvalue weighted by atomic mass is 16.2. The molecule has 27 heavy (non-hydrogen) atoms. The van der Waals surface area contributed by atoms with Crippen LogP contribution in [-0.4, -0.2) is 43.1 Å². The van der Waals surface area contributed by atoms with Crippen LogP contribution in [0.2, 0.25) is 0 Å². The van der Waals surface area contributed by atoms with E-state index in [1.807, 2.05) is 53.0 Å². The molecule has 6 heteroatoms. The molecule has 0 bridgehead atoms. The first-order chi connectivity index (χ1) is 13.0. The Morgan fingerprint density at radius 2 is 1.93 bits per heavy atom. The maximum absolute atomic E-state index is 12.2. The number of likely N-dealkylation sites (tertiary alicyclic amines) is 1. The molecule has 0 aliphatic carbocycles. The van der Waals surface area contributed by atoms with Crippen LogP contribution in [0.3, 0.4) is 0 Å². The topological polar surface area (TPSA) is 66.8 Å². The first-order valence-corrected chi connectivity index (χ1v) is 9.42. The molecule has 1 aromatic carbocycles. The summed E-state index contributed by atoms with van der Waals surface area (Å²) in [6, 6.07) is 10.3. The fourth-order valence-electron chi connectivity index (χ4n) is 3.94. The average Bonchev–Trinajstić information content (AvgIpc) is 3.33. The van der Waals surface area contributed by atoms with Crippen LogP contribution in [-0.2, 0) is 4.79 Å². The summed E-state index contributed by atoms with van der Waals surface area (Å²) < 4.78 is 1.96. The van der Waals surface area contributed by atoms with Gasteiger partial charge in [0.15, 0.2) is 0 Å². The quantitative estimate of drug-likeness (QED) is 0.770. The number of nitrogens with one attached hydrogen (secondary N) is 1. The van der Waals surface area contributed by atoms with Gasteiger partial charge in [-0.2, -0.15) is 5.10 Å². The van der Waals surface area contributed by atoms with E-state index in [9.17, 15) is 4.79 Å². The van der Waals surface area contributed by atoms with Crippen molar-refractivity contribution in [3.05, 3.63) is 53.7 Å². The highest BCUT2D eigenvalue weighted by Crippen LogP contribution is 2.31. The van der Waals surface area contributed by atoms with Crippen LogP contribution in [0, 0.1) is 13.8 Å². The first kappa shape index (κ1) is 17.5. The Kier molecular flexibility index (Phi) is 4.34. The minimum Gasteiger partial charge on any atom is -0.342 e.